The molecule has 152 valence electrons. The van der Waals surface area contributed by atoms with Crippen LogP contribution in [-0.4, -0.2) is 44.7 Å². The Morgan fingerprint density at radius 1 is 1.00 bits per heavy atom. The van der Waals surface area contributed by atoms with E-state index in [0.717, 1.165) is 12.8 Å². The number of hydrogen-bond acceptors (Lipinski definition) is 6. The summed E-state index contributed by atoms with van der Waals surface area (Å²) < 4.78 is 15.1. The molecule has 3 rings (SSSR count). The number of esters is 1. The predicted molar refractivity (Wildman–Crippen MR) is 105 cm³/mol. The first-order valence-electron chi connectivity index (χ1n) is 9.10. The average Bonchev–Trinajstić information content (AvgIpc) is 3.55. The molecule has 8 nitrogen and oxygen atoms in total. The standard InChI is InChI=1S/C21H22N2O6/c1-27-17-10-7-13(11-18(17)29-12-19(24)28-2)20(25)23-16-6-4-3-5-15(16)21(26)22-14-8-9-14/h3-7,10-11,14H,8-9,12H2,1-2H3,(H,22,26)(H,23,25). The highest BCUT2D eigenvalue weighted by molar-refractivity contribution is 6.09. The smallest absolute Gasteiger partial charge is 0.343 e. The number of para-hydroxylation sites is 1. The molecular formula is C21H22N2O6. The van der Waals surface area contributed by atoms with Crippen molar-refractivity contribution in [1.82, 2.24) is 5.32 Å². The van der Waals surface area contributed by atoms with Crippen LogP contribution in [0.4, 0.5) is 5.69 Å². The number of hydrogen-bond donors (Lipinski definition) is 2. The molecule has 0 spiro atoms. The van der Waals surface area contributed by atoms with Gasteiger partial charge in [0.05, 0.1) is 25.5 Å². The number of carbonyl (C=O) groups is 3. The Morgan fingerprint density at radius 3 is 2.45 bits per heavy atom. The Bertz CT molecular complexity index is 923. The van der Waals surface area contributed by atoms with Crippen LogP contribution in [0.2, 0.25) is 0 Å². The highest BCUT2D eigenvalue weighted by Gasteiger charge is 2.25. The van der Waals surface area contributed by atoms with Gasteiger partial charge in [-0.1, -0.05) is 12.1 Å². The number of amides is 2. The summed E-state index contributed by atoms with van der Waals surface area (Å²) in [6, 6.07) is 11.6. The van der Waals surface area contributed by atoms with Crippen LogP contribution in [0.1, 0.15) is 33.6 Å². The van der Waals surface area contributed by atoms with Crippen molar-refractivity contribution in [2.45, 2.75) is 18.9 Å². The van der Waals surface area contributed by atoms with E-state index in [9.17, 15) is 14.4 Å². The number of carbonyl (C=O) groups excluding carboxylic acids is 3. The molecule has 0 bridgehead atoms. The van der Waals surface area contributed by atoms with Gasteiger partial charge in [-0.15, -0.1) is 0 Å². The molecule has 0 aromatic heterocycles. The Balaban J connectivity index is 1.77. The van der Waals surface area contributed by atoms with Crippen molar-refractivity contribution in [2.75, 3.05) is 26.1 Å². The lowest BCUT2D eigenvalue weighted by atomic mass is 10.1. The molecule has 8 heteroatoms. The van der Waals surface area contributed by atoms with Crippen LogP contribution in [-0.2, 0) is 9.53 Å². The van der Waals surface area contributed by atoms with Gasteiger partial charge < -0.3 is 24.8 Å². The predicted octanol–water partition coefficient (Wildman–Crippen LogP) is 2.39. The van der Waals surface area contributed by atoms with E-state index >= 15 is 0 Å². The normalized spacial score (nSPS) is 12.6. The molecule has 29 heavy (non-hydrogen) atoms. The van der Waals surface area contributed by atoms with E-state index in [4.69, 9.17) is 9.47 Å². The zero-order valence-corrected chi connectivity index (χ0v) is 16.2. The first-order chi connectivity index (χ1) is 14.0. The monoisotopic (exact) mass is 398 g/mol. The van der Waals surface area contributed by atoms with Crippen molar-refractivity contribution in [2.24, 2.45) is 0 Å². The zero-order valence-electron chi connectivity index (χ0n) is 16.2. The minimum Gasteiger partial charge on any atom is -0.493 e. The Hall–Kier alpha value is -3.55. The first kappa shape index (κ1) is 20.2. The minimum absolute atomic E-state index is 0.211. The van der Waals surface area contributed by atoms with Crippen LogP contribution in [0.25, 0.3) is 0 Å². The fourth-order valence-corrected chi connectivity index (χ4v) is 2.60. The number of anilines is 1. The van der Waals surface area contributed by atoms with Gasteiger partial charge in [-0.2, -0.15) is 0 Å². The molecular weight excluding hydrogens is 376 g/mol. The summed E-state index contributed by atoms with van der Waals surface area (Å²) in [6.45, 7) is -0.317. The molecule has 1 fully saturated rings. The van der Waals surface area contributed by atoms with Crippen LogP contribution in [0.15, 0.2) is 42.5 Å². The van der Waals surface area contributed by atoms with Crippen LogP contribution in [0, 0.1) is 0 Å². The maximum Gasteiger partial charge on any atom is 0.343 e. The van der Waals surface area contributed by atoms with Gasteiger partial charge in [0.2, 0.25) is 0 Å². The molecule has 2 amide bonds. The molecule has 2 aromatic rings. The van der Waals surface area contributed by atoms with Gasteiger partial charge in [0.1, 0.15) is 0 Å². The van der Waals surface area contributed by atoms with Crippen molar-refractivity contribution in [3.63, 3.8) is 0 Å². The Labute approximate surface area is 168 Å². The highest BCUT2D eigenvalue weighted by atomic mass is 16.6. The number of rotatable bonds is 8. The summed E-state index contributed by atoms with van der Waals surface area (Å²) in [6.07, 6.45) is 1.95. The van der Waals surface area contributed by atoms with E-state index in [1.54, 1.807) is 36.4 Å². The summed E-state index contributed by atoms with van der Waals surface area (Å²) >= 11 is 0. The molecule has 2 N–H and O–H groups in total. The molecule has 0 radical (unpaired) electrons. The quantitative estimate of drug-likeness (QED) is 0.662. The third-order valence-corrected chi connectivity index (χ3v) is 4.33. The molecule has 1 saturated carbocycles. The second kappa shape index (κ2) is 9.09. The van der Waals surface area contributed by atoms with E-state index in [1.165, 1.54) is 20.3 Å². The number of methoxy groups -OCH3 is 2. The largest absolute Gasteiger partial charge is 0.493 e. The lowest BCUT2D eigenvalue weighted by molar-refractivity contribution is -0.142. The summed E-state index contributed by atoms with van der Waals surface area (Å²) in [5, 5.41) is 5.66. The molecule has 0 aliphatic heterocycles. The fraction of sp³-hybridized carbons (Fsp3) is 0.286. The lowest BCUT2D eigenvalue weighted by Crippen LogP contribution is -2.27. The first-order valence-corrected chi connectivity index (χ1v) is 9.10. The van der Waals surface area contributed by atoms with E-state index < -0.39 is 11.9 Å². The van der Waals surface area contributed by atoms with E-state index in [1.807, 2.05) is 0 Å². The van der Waals surface area contributed by atoms with Crippen LogP contribution < -0.4 is 20.1 Å². The Morgan fingerprint density at radius 2 is 1.76 bits per heavy atom. The molecule has 1 aliphatic carbocycles. The highest BCUT2D eigenvalue weighted by Crippen LogP contribution is 2.29. The third kappa shape index (κ3) is 5.25. The summed E-state index contributed by atoms with van der Waals surface area (Å²) in [4.78, 5) is 36.5. The topological polar surface area (TPSA) is 103 Å². The van der Waals surface area contributed by atoms with Gasteiger partial charge >= 0.3 is 5.97 Å². The van der Waals surface area contributed by atoms with Gasteiger partial charge in [0, 0.05) is 11.6 Å². The van der Waals surface area contributed by atoms with Crippen molar-refractivity contribution in [3.8, 4) is 11.5 Å². The van der Waals surface area contributed by atoms with Crippen LogP contribution in [0.3, 0.4) is 0 Å². The van der Waals surface area contributed by atoms with E-state index in [-0.39, 0.29) is 29.9 Å². The molecule has 2 aromatic carbocycles. The minimum atomic E-state index is -0.558. The summed E-state index contributed by atoms with van der Waals surface area (Å²) in [5.74, 6) is -0.611. The van der Waals surface area contributed by atoms with Crippen LogP contribution >= 0.6 is 0 Å². The fourth-order valence-electron chi connectivity index (χ4n) is 2.60. The van der Waals surface area contributed by atoms with Crippen molar-refractivity contribution in [3.05, 3.63) is 53.6 Å². The molecule has 0 atom stereocenters. The van der Waals surface area contributed by atoms with E-state index in [0.29, 0.717) is 17.0 Å². The summed E-state index contributed by atoms with van der Waals surface area (Å²) in [7, 11) is 2.71. The summed E-state index contributed by atoms with van der Waals surface area (Å²) in [5.41, 5.74) is 1.08. The van der Waals surface area contributed by atoms with Crippen LogP contribution in [0.5, 0.6) is 11.5 Å². The number of ether oxygens (including phenoxy) is 3. The average molecular weight is 398 g/mol. The van der Waals surface area contributed by atoms with Crippen molar-refractivity contribution in [1.29, 1.82) is 0 Å². The van der Waals surface area contributed by atoms with Gasteiger partial charge in [-0.05, 0) is 43.2 Å². The zero-order chi connectivity index (χ0) is 20.8. The van der Waals surface area contributed by atoms with Gasteiger partial charge in [0.15, 0.2) is 18.1 Å². The molecule has 0 heterocycles. The van der Waals surface area contributed by atoms with Crippen molar-refractivity contribution >= 4 is 23.5 Å². The maximum absolute atomic E-state index is 12.7. The lowest BCUT2D eigenvalue weighted by Gasteiger charge is -2.13. The maximum atomic E-state index is 12.7. The Kier molecular flexibility index (Phi) is 6.33. The van der Waals surface area contributed by atoms with Gasteiger partial charge in [-0.3, -0.25) is 9.59 Å². The van der Waals surface area contributed by atoms with Crippen molar-refractivity contribution < 1.29 is 28.6 Å². The number of benzene rings is 2. The van der Waals surface area contributed by atoms with E-state index in [2.05, 4.69) is 15.4 Å². The number of nitrogens with one attached hydrogen (secondary N) is 2. The molecule has 0 saturated heterocycles. The SMILES string of the molecule is COC(=O)COc1cc(C(=O)Nc2ccccc2C(=O)NC2CC2)ccc1OC. The molecule has 0 unspecified atom stereocenters. The third-order valence-electron chi connectivity index (χ3n) is 4.33. The van der Waals surface area contributed by atoms with Gasteiger partial charge in [-0.25, -0.2) is 4.79 Å². The van der Waals surface area contributed by atoms with Gasteiger partial charge in [0.25, 0.3) is 11.8 Å². The molecule has 1 aliphatic rings. The second-order valence-corrected chi connectivity index (χ2v) is 6.48. The second-order valence-electron chi connectivity index (χ2n) is 6.48.